The van der Waals surface area contributed by atoms with Crippen LogP contribution >= 0.6 is 0 Å². The molecule has 0 spiro atoms. The van der Waals surface area contributed by atoms with E-state index in [1.54, 1.807) is 0 Å². The van der Waals surface area contributed by atoms with E-state index in [0.717, 1.165) is 5.92 Å². The molecule has 1 aliphatic rings. The van der Waals surface area contributed by atoms with Crippen LogP contribution in [0.5, 0.6) is 0 Å². The Kier molecular flexibility index (Phi) is 3.87. The van der Waals surface area contributed by atoms with Crippen molar-refractivity contribution in [3.63, 3.8) is 0 Å². The van der Waals surface area contributed by atoms with Gasteiger partial charge in [-0.15, -0.1) is 0 Å². The van der Waals surface area contributed by atoms with Gasteiger partial charge in [-0.1, -0.05) is 14.4 Å². The van der Waals surface area contributed by atoms with Crippen molar-refractivity contribution in [3.8, 4) is 0 Å². The lowest BCUT2D eigenvalue weighted by Gasteiger charge is -2.26. The third-order valence-corrected chi connectivity index (χ3v) is 1.86. The molecule has 9 heavy (non-hydrogen) atoms. The molecular weight excluding hydrogens is 110 g/mol. The van der Waals surface area contributed by atoms with Crippen LogP contribution in [0.25, 0.3) is 0 Å². The van der Waals surface area contributed by atoms with Crippen molar-refractivity contribution in [2.75, 3.05) is 20.1 Å². The predicted octanol–water partition coefficient (Wildman–Crippen LogP) is 1.98. The van der Waals surface area contributed by atoms with Gasteiger partial charge in [-0.2, -0.15) is 0 Å². The van der Waals surface area contributed by atoms with E-state index in [2.05, 4.69) is 18.9 Å². The highest BCUT2D eigenvalue weighted by Gasteiger charge is 2.11. The summed E-state index contributed by atoms with van der Waals surface area (Å²) in [4.78, 5) is 2.41. The first-order valence-electron chi connectivity index (χ1n) is 3.47. The molecule has 1 fully saturated rings. The van der Waals surface area contributed by atoms with Crippen molar-refractivity contribution in [2.45, 2.75) is 27.2 Å². The predicted molar refractivity (Wildman–Crippen MR) is 42.6 cm³/mol. The minimum Gasteiger partial charge on any atom is -0.306 e. The van der Waals surface area contributed by atoms with Gasteiger partial charge in [0.1, 0.15) is 0 Å². The molecule has 1 unspecified atom stereocenters. The Bertz CT molecular complexity index is 63.0. The summed E-state index contributed by atoms with van der Waals surface area (Å²) in [5.74, 6) is 0.939. The fourth-order valence-electron chi connectivity index (χ4n) is 1.42. The summed E-state index contributed by atoms with van der Waals surface area (Å²) in [6.07, 6.45) is 2.84. The van der Waals surface area contributed by atoms with Crippen molar-refractivity contribution in [2.24, 2.45) is 5.92 Å². The molecular formula is C8H19N. The number of hydrogen-bond donors (Lipinski definition) is 0. The standard InChI is InChI=1S/C7H15N.CH4/c1-7-4-3-5-8(2)6-7;/h7H,3-6H2,1-2H3;1H4. The summed E-state index contributed by atoms with van der Waals surface area (Å²) in [6, 6.07) is 0. The van der Waals surface area contributed by atoms with Gasteiger partial charge in [0.15, 0.2) is 0 Å². The van der Waals surface area contributed by atoms with Gasteiger partial charge in [-0.3, -0.25) is 0 Å². The topological polar surface area (TPSA) is 3.24 Å². The number of hydrogen-bond acceptors (Lipinski definition) is 1. The lowest BCUT2D eigenvalue weighted by Crippen LogP contribution is -2.30. The van der Waals surface area contributed by atoms with Gasteiger partial charge in [0.2, 0.25) is 0 Å². The second kappa shape index (κ2) is 3.89. The average Bonchev–Trinajstić information content (AvgIpc) is 1.64. The van der Waals surface area contributed by atoms with Crippen LogP contribution in [0.1, 0.15) is 27.2 Å². The highest BCUT2D eigenvalue weighted by molar-refractivity contribution is 4.65. The molecule has 0 radical (unpaired) electrons. The zero-order valence-corrected chi connectivity index (χ0v) is 5.85. The van der Waals surface area contributed by atoms with Crippen LogP contribution < -0.4 is 0 Å². The van der Waals surface area contributed by atoms with Gasteiger partial charge in [0, 0.05) is 6.54 Å². The summed E-state index contributed by atoms with van der Waals surface area (Å²) >= 11 is 0. The van der Waals surface area contributed by atoms with Crippen molar-refractivity contribution in [1.82, 2.24) is 4.90 Å². The van der Waals surface area contributed by atoms with Crippen molar-refractivity contribution < 1.29 is 0 Å². The van der Waals surface area contributed by atoms with Crippen LogP contribution in [0.4, 0.5) is 0 Å². The third kappa shape index (κ3) is 2.85. The van der Waals surface area contributed by atoms with Crippen molar-refractivity contribution >= 4 is 0 Å². The number of rotatable bonds is 0. The van der Waals surface area contributed by atoms with E-state index in [4.69, 9.17) is 0 Å². The molecule has 0 amide bonds. The first-order valence-corrected chi connectivity index (χ1v) is 3.47. The molecule has 0 aromatic rings. The van der Waals surface area contributed by atoms with Gasteiger partial charge in [0.25, 0.3) is 0 Å². The average molecular weight is 129 g/mol. The fourth-order valence-corrected chi connectivity index (χ4v) is 1.42. The molecule has 1 nitrogen and oxygen atoms in total. The zero-order chi connectivity index (χ0) is 5.98. The van der Waals surface area contributed by atoms with Gasteiger partial charge < -0.3 is 4.90 Å². The van der Waals surface area contributed by atoms with E-state index in [1.807, 2.05) is 0 Å². The van der Waals surface area contributed by atoms with Crippen LogP contribution in [0.2, 0.25) is 0 Å². The summed E-state index contributed by atoms with van der Waals surface area (Å²) in [5, 5.41) is 0. The molecule has 0 aliphatic carbocycles. The molecule has 0 bridgehead atoms. The van der Waals surface area contributed by atoms with Crippen LogP contribution in [-0.2, 0) is 0 Å². The first-order chi connectivity index (χ1) is 3.79. The maximum Gasteiger partial charge on any atom is 0.000398 e. The molecule has 1 heteroatoms. The highest BCUT2D eigenvalue weighted by Crippen LogP contribution is 2.12. The molecule has 1 saturated heterocycles. The minimum absolute atomic E-state index is 0. The third-order valence-electron chi connectivity index (χ3n) is 1.86. The van der Waals surface area contributed by atoms with Crippen LogP contribution in [-0.4, -0.2) is 25.0 Å². The van der Waals surface area contributed by atoms with Crippen LogP contribution in [0.15, 0.2) is 0 Å². The molecule has 1 aliphatic heterocycles. The van der Waals surface area contributed by atoms with Gasteiger partial charge in [-0.25, -0.2) is 0 Å². The summed E-state index contributed by atoms with van der Waals surface area (Å²) < 4.78 is 0. The molecule has 1 heterocycles. The number of nitrogens with zero attached hydrogens (tertiary/aromatic N) is 1. The maximum absolute atomic E-state index is 2.41. The van der Waals surface area contributed by atoms with Crippen LogP contribution in [0, 0.1) is 5.92 Å². The van der Waals surface area contributed by atoms with Gasteiger partial charge in [-0.05, 0) is 32.4 Å². The van der Waals surface area contributed by atoms with E-state index >= 15 is 0 Å². The van der Waals surface area contributed by atoms with E-state index in [-0.39, 0.29) is 7.43 Å². The van der Waals surface area contributed by atoms with E-state index in [9.17, 15) is 0 Å². The van der Waals surface area contributed by atoms with E-state index in [1.165, 1.54) is 25.9 Å². The maximum atomic E-state index is 2.41. The number of likely N-dealkylation sites (tertiary alicyclic amines) is 1. The lowest BCUT2D eigenvalue weighted by atomic mass is 10.0. The molecule has 1 rings (SSSR count). The first kappa shape index (κ1) is 8.96. The molecule has 0 aromatic heterocycles. The second-order valence-corrected chi connectivity index (χ2v) is 3.01. The Morgan fingerprint density at radius 3 is 2.44 bits per heavy atom. The Labute approximate surface area is 59.1 Å². The summed E-state index contributed by atoms with van der Waals surface area (Å²) in [6.45, 7) is 4.94. The molecule has 0 saturated carbocycles. The molecule has 0 aromatic carbocycles. The summed E-state index contributed by atoms with van der Waals surface area (Å²) in [7, 11) is 2.20. The Balaban J connectivity index is 0.000000640. The summed E-state index contributed by atoms with van der Waals surface area (Å²) in [5.41, 5.74) is 0. The largest absolute Gasteiger partial charge is 0.306 e. The van der Waals surface area contributed by atoms with E-state index < -0.39 is 0 Å². The minimum atomic E-state index is 0. The molecule has 1 atom stereocenters. The zero-order valence-electron chi connectivity index (χ0n) is 5.85. The Hall–Kier alpha value is -0.0400. The van der Waals surface area contributed by atoms with E-state index in [0.29, 0.717) is 0 Å². The molecule has 56 valence electrons. The van der Waals surface area contributed by atoms with Crippen LogP contribution in [0.3, 0.4) is 0 Å². The number of piperidine rings is 1. The SMILES string of the molecule is C.CC1CCCN(C)C1. The smallest absolute Gasteiger partial charge is 0.000398 e. The van der Waals surface area contributed by atoms with Crippen molar-refractivity contribution in [3.05, 3.63) is 0 Å². The van der Waals surface area contributed by atoms with Crippen molar-refractivity contribution in [1.29, 1.82) is 0 Å². The van der Waals surface area contributed by atoms with Gasteiger partial charge in [0.05, 0.1) is 0 Å². The fraction of sp³-hybridized carbons (Fsp3) is 1.00. The highest BCUT2D eigenvalue weighted by atomic mass is 15.1. The lowest BCUT2D eigenvalue weighted by molar-refractivity contribution is 0.221. The Morgan fingerprint density at radius 1 is 1.44 bits per heavy atom. The quantitative estimate of drug-likeness (QED) is 0.483. The normalized spacial score (nSPS) is 29.3. The molecule has 0 N–H and O–H groups in total. The Morgan fingerprint density at radius 2 is 2.11 bits per heavy atom. The van der Waals surface area contributed by atoms with Gasteiger partial charge >= 0.3 is 0 Å². The second-order valence-electron chi connectivity index (χ2n) is 3.01. The monoisotopic (exact) mass is 129 g/mol.